The van der Waals surface area contributed by atoms with E-state index in [1.165, 1.54) is 109 Å². The van der Waals surface area contributed by atoms with E-state index in [1.54, 1.807) is 0 Å². The van der Waals surface area contributed by atoms with Crippen LogP contribution in [0.15, 0.2) is 181 Å². The van der Waals surface area contributed by atoms with Gasteiger partial charge < -0.3 is 4.40 Å². The van der Waals surface area contributed by atoms with Gasteiger partial charge in [-0.3, -0.25) is 0 Å². The molecule has 0 amide bonds. The van der Waals surface area contributed by atoms with Crippen molar-refractivity contribution in [3.05, 3.63) is 198 Å². The highest BCUT2D eigenvalue weighted by molar-refractivity contribution is 7.23. The summed E-state index contributed by atoms with van der Waals surface area (Å²) in [6, 6.07) is 63.2. The molecule has 0 spiro atoms. The molecule has 0 fully saturated rings. The van der Waals surface area contributed by atoms with E-state index in [-0.39, 0.29) is 5.92 Å². The summed E-state index contributed by atoms with van der Waals surface area (Å²) >= 11 is 1.85. The van der Waals surface area contributed by atoms with Crippen LogP contribution >= 0.6 is 11.3 Å². The van der Waals surface area contributed by atoms with Crippen molar-refractivity contribution in [2.75, 3.05) is 0 Å². The number of hydrogen-bond acceptors (Lipinski definition) is 2. The summed E-state index contributed by atoms with van der Waals surface area (Å²) in [6.07, 6.45) is 6.47. The number of rotatable bonds is 3. The van der Waals surface area contributed by atoms with E-state index < -0.39 is 0 Å². The Morgan fingerprint density at radius 2 is 1.27 bits per heavy atom. The molecule has 4 heterocycles. The van der Waals surface area contributed by atoms with Crippen molar-refractivity contribution in [2.24, 2.45) is 4.99 Å². The number of hydrogen-bond donors (Lipinski definition) is 0. The van der Waals surface area contributed by atoms with Gasteiger partial charge in [0.25, 0.3) is 0 Å². The first-order valence-corrected chi connectivity index (χ1v) is 21.8. The first-order valence-electron chi connectivity index (χ1n) is 20.9. The maximum absolute atomic E-state index is 5.66. The quantitative estimate of drug-likeness (QED) is 0.170. The molecule has 0 saturated heterocycles. The molecule has 59 heavy (non-hydrogen) atoms. The summed E-state index contributed by atoms with van der Waals surface area (Å²) < 4.78 is 3.89. The summed E-state index contributed by atoms with van der Waals surface area (Å²) in [5.74, 6) is 0.171. The second-order valence-corrected chi connectivity index (χ2v) is 17.4. The summed E-state index contributed by atoms with van der Waals surface area (Å²) in [5.41, 5.74) is 17.2. The Kier molecular flexibility index (Phi) is 7.23. The third-order valence-corrected chi connectivity index (χ3v) is 14.4. The van der Waals surface area contributed by atoms with E-state index >= 15 is 0 Å². The zero-order chi connectivity index (χ0) is 38.6. The van der Waals surface area contributed by atoms with Crippen molar-refractivity contribution in [2.45, 2.75) is 31.6 Å². The molecule has 278 valence electrons. The zero-order valence-electron chi connectivity index (χ0n) is 32.5. The molecule has 0 N–H and O–H groups in total. The first-order chi connectivity index (χ1) is 29.3. The fourth-order valence-corrected chi connectivity index (χ4v) is 11.9. The van der Waals surface area contributed by atoms with Crippen LogP contribution in [0.25, 0.3) is 86.8 Å². The van der Waals surface area contributed by atoms with Gasteiger partial charge in [0.2, 0.25) is 0 Å². The molecule has 0 bridgehead atoms. The largest absolute Gasteiger partial charge is 0.307 e. The molecule has 2 nitrogen and oxygen atoms in total. The Bertz CT molecular complexity index is 3540. The smallest absolute Gasteiger partial charge is 0.125 e. The number of aromatic nitrogens is 1. The maximum atomic E-state index is 5.66. The minimum absolute atomic E-state index is 0.171. The van der Waals surface area contributed by atoms with E-state index in [0.29, 0.717) is 0 Å². The Hall–Kier alpha value is -6.81. The molecular formula is C56H38N2S. The van der Waals surface area contributed by atoms with Gasteiger partial charge in [-0.25, -0.2) is 4.99 Å². The van der Waals surface area contributed by atoms with Gasteiger partial charge in [0.05, 0.1) is 16.6 Å². The SMILES string of the molecule is C1=C([C@@H]2CCc3ccccc3-c3cc4c5ccc6ccccc6c5n5c6ccccc6c(c32)c45)c2c(sc3ccccc23)N=C(c2ccc(-c3ccccc3)cc2)CC1. The topological polar surface area (TPSA) is 16.8 Å². The van der Waals surface area contributed by atoms with Gasteiger partial charge >= 0.3 is 0 Å². The van der Waals surface area contributed by atoms with Crippen LogP contribution in [0.1, 0.15) is 47.4 Å². The van der Waals surface area contributed by atoms with E-state index in [0.717, 1.165) is 36.4 Å². The Balaban J connectivity index is 1.08. The lowest BCUT2D eigenvalue weighted by atomic mass is 9.78. The number of aryl methyl sites for hydroxylation is 1. The molecule has 11 aromatic rings. The predicted molar refractivity (Wildman–Crippen MR) is 252 cm³/mol. The lowest BCUT2D eigenvalue weighted by Gasteiger charge is -2.25. The Morgan fingerprint density at radius 1 is 0.542 bits per heavy atom. The number of thiophene rings is 1. The number of para-hydroxylation sites is 1. The van der Waals surface area contributed by atoms with Crippen LogP contribution in [0.4, 0.5) is 5.00 Å². The average molecular weight is 771 g/mol. The minimum Gasteiger partial charge on any atom is -0.307 e. The molecule has 13 rings (SSSR count). The van der Waals surface area contributed by atoms with Crippen LogP contribution in [-0.4, -0.2) is 10.1 Å². The standard InChI is InChI=1S/C56H38N2S/c1-2-13-34(14-3-1)35-25-27-38(28-26-35)48-22-12-21-41(52-45-20-9-11-24-50(45)59-56(52)57-48)42-31-29-36-15-4-6-17-39(36)46-33-47-43-32-30-37-16-5-7-18-40(37)54(43)58-49-23-10-8-19-44(49)53(51(42)46)55(47)58/h1-11,13-21,23-28,30,32-33,42H,12,22,29,31H2/t42-/m0/s1. The molecule has 1 aliphatic carbocycles. The van der Waals surface area contributed by atoms with Crippen LogP contribution in [0, 0.1) is 0 Å². The first kappa shape index (κ1) is 33.2. The van der Waals surface area contributed by atoms with Gasteiger partial charge in [-0.15, -0.1) is 11.3 Å². The van der Waals surface area contributed by atoms with Crippen molar-refractivity contribution >= 4 is 86.6 Å². The highest BCUT2D eigenvalue weighted by atomic mass is 32.1. The molecule has 1 aliphatic heterocycles. The minimum atomic E-state index is 0.171. The van der Waals surface area contributed by atoms with Gasteiger partial charge in [-0.2, -0.15) is 0 Å². The molecule has 0 saturated carbocycles. The summed E-state index contributed by atoms with van der Waals surface area (Å²) in [5, 5.41) is 10.4. The van der Waals surface area contributed by atoms with Crippen molar-refractivity contribution in [3.63, 3.8) is 0 Å². The van der Waals surface area contributed by atoms with Gasteiger partial charge in [-0.05, 0) is 93.8 Å². The maximum Gasteiger partial charge on any atom is 0.125 e. The molecular weight excluding hydrogens is 733 g/mol. The summed E-state index contributed by atoms with van der Waals surface area (Å²) in [7, 11) is 0. The second kappa shape index (κ2) is 12.8. The lowest BCUT2D eigenvalue weighted by molar-refractivity contribution is 0.764. The molecule has 3 aromatic heterocycles. The third kappa shape index (κ3) is 4.89. The average Bonchev–Trinajstić information content (AvgIpc) is 3.90. The molecule has 3 heteroatoms. The van der Waals surface area contributed by atoms with Gasteiger partial charge in [-0.1, -0.05) is 158 Å². The monoisotopic (exact) mass is 770 g/mol. The van der Waals surface area contributed by atoms with Crippen LogP contribution in [0.5, 0.6) is 0 Å². The molecule has 2 aliphatic rings. The molecule has 0 unspecified atom stereocenters. The molecule has 1 atom stereocenters. The van der Waals surface area contributed by atoms with Crippen LogP contribution in [0.3, 0.4) is 0 Å². The number of allylic oxidation sites excluding steroid dienone is 2. The molecule has 0 radical (unpaired) electrons. The van der Waals surface area contributed by atoms with Gasteiger partial charge in [0.15, 0.2) is 0 Å². The van der Waals surface area contributed by atoms with Crippen LogP contribution in [-0.2, 0) is 6.42 Å². The van der Waals surface area contributed by atoms with E-state index in [4.69, 9.17) is 4.99 Å². The summed E-state index contributed by atoms with van der Waals surface area (Å²) in [4.78, 5) is 5.66. The zero-order valence-corrected chi connectivity index (χ0v) is 33.3. The van der Waals surface area contributed by atoms with E-state index in [1.807, 2.05) is 11.3 Å². The Labute approximate surface area is 346 Å². The summed E-state index contributed by atoms with van der Waals surface area (Å²) in [6.45, 7) is 0. The highest BCUT2D eigenvalue weighted by Crippen LogP contribution is 2.56. The van der Waals surface area contributed by atoms with E-state index in [2.05, 4.69) is 180 Å². The van der Waals surface area contributed by atoms with Crippen molar-refractivity contribution in [1.29, 1.82) is 0 Å². The van der Waals surface area contributed by atoms with Crippen LogP contribution < -0.4 is 0 Å². The van der Waals surface area contributed by atoms with Crippen molar-refractivity contribution in [1.82, 2.24) is 4.40 Å². The number of nitrogens with zero attached hydrogens (tertiary/aromatic N) is 2. The Morgan fingerprint density at radius 3 is 2.17 bits per heavy atom. The van der Waals surface area contributed by atoms with Crippen LogP contribution in [0.2, 0.25) is 0 Å². The fraction of sp³-hybridized carbons (Fsp3) is 0.0893. The normalized spacial score (nSPS) is 15.6. The van der Waals surface area contributed by atoms with Gasteiger partial charge in [0.1, 0.15) is 5.00 Å². The van der Waals surface area contributed by atoms with Crippen molar-refractivity contribution < 1.29 is 0 Å². The number of benzene rings is 8. The second-order valence-electron chi connectivity index (χ2n) is 16.4. The van der Waals surface area contributed by atoms with E-state index in [9.17, 15) is 0 Å². The number of fused-ring (bicyclic) bond motifs is 15. The van der Waals surface area contributed by atoms with Gasteiger partial charge in [0, 0.05) is 54.2 Å². The highest BCUT2D eigenvalue weighted by Gasteiger charge is 2.34. The predicted octanol–water partition coefficient (Wildman–Crippen LogP) is 15.6. The van der Waals surface area contributed by atoms with Crippen molar-refractivity contribution in [3.8, 4) is 22.3 Å². The fourth-order valence-electron chi connectivity index (χ4n) is 10.7. The lowest BCUT2D eigenvalue weighted by Crippen LogP contribution is -2.07. The molecule has 8 aromatic carbocycles. The third-order valence-electron chi connectivity index (χ3n) is 13.3. The number of aliphatic imine (C=N–C) groups is 1.